The number of halogens is 1. The zero-order chi connectivity index (χ0) is 8.55. The standard InChI is InChI=1S/C8H5ClO3/c9-6-1-5(3-10)8-7(2-6)11-4-12-8/h1-3H,4H2. The quantitative estimate of drug-likeness (QED) is 0.626. The molecule has 4 heteroatoms. The summed E-state index contributed by atoms with van der Waals surface area (Å²) in [6.45, 7) is 0.149. The summed E-state index contributed by atoms with van der Waals surface area (Å²) in [5.74, 6) is 1.01. The molecule has 1 heterocycles. The predicted molar refractivity (Wildman–Crippen MR) is 43.0 cm³/mol. The lowest BCUT2D eigenvalue weighted by Crippen LogP contribution is -1.94. The first-order valence-corrected chi connectivity index (χ1v) is 3.73. The van der Waals surface area contributed by atoms with Crippen molar-refractivity contribution < 1.29 is 14.3 Å². The van der Waals surface area contributed by atoms with Crippen molar-refractivity contribution in [3.63, 3.8) is 0 Å². The summed E-state index contributed by atoms with van der Waals surface area (Å²) < 4.78 is 10.1. The first kappa shape index (κ1) is 7.43. The van der Waals surface area contributed by atoms with Crippen LogP contribution in [0.3, 0.4) is 0 Å². The van der Waals surface area contributed by atoms with Crippen LogP contribution in [0.25, 0.3) is 0 Å². The Hall–Kier alpha value is -1.22. The smallest absolute Gasteiger partial charge is 0.231 e. The summed E-state index contributed by atoms with van der Waals surface area (Å²) in [5, 5.41) is 0.473. The Kier molecular flexibility index (Phi) is 1.66. The number of carbonyl (C=O) groups is 1. The molecule has 1 aromatic rings. The lowest BCUT2D eigenvalue weighted by Gasteiger charge is -1.98. The first-order valence-electron chi connectivity index (χ1n) is 3.35. The fourth-order valence-corrected chi connectivity index (χ4v) is 1.31. The van der Waals surface area contributed by atoms with Gasteiger partial charge in [0, 0.05) is 11.1 Å². The van der Waals surface area contributed by atoms with Crippen LogP contribution in [0.5, 0.6) is 11.5 Å². The first-order chi connectivity index (χ1) is 5.81. The molecule has 0 N–H and O–H groups in total. The van der Waals surface area contributed by atoms with Gasteiger partial charge in [-0.2, -0.15) is 0 Å². The van der Waals surface area contributed by atoms with Crippen LogP contribution in [-0.2, 0) is 0 Å². The van der Waals surface area contributed by atoms with Crippen LogP contribution in [-0.4, -0.2) is 13.1 Å². The fraction of sp³-hybridized carbons (Fsp3) is 0.125. The van der Waals surface area contributed by atoms with Gasteiger partial charge in [0.1, 0.15) is 0 Å². The highest BCUT2D eigenvalue weighted by Crippen LogP contribution is 2.37. The largest absolute Gasteiger partial charge is 0.454 e. The highest BCUT2D eigenvalue weighted by atomic mass is 35.5. The molecule has 0 fully saturated rings. The van der Waals surface area contributed by atoms with E-state index in [0.29, 0.717) is 28.4 Å². The predicted octanol–water partition coefficient (Wildman–Crippen LogP) is 1.88. The summed E-state index contributed by atoms with van der Waals surface area (Å²) >= 11 is 5.71. The molecular formula is C8H5ClO3. The molecule has 0 amide bonds. The molecule has 0 unspecified atom stereocenters. The van der Waals surface area contributed by atoms with E-state index >= 15 is 0 Å². The van der Waals surface area contributed by atoms with Gasteiger partial charge in [-0.1, -0.05) is 11.6 Å². The third-order valence-corrected chi connectivity index (χ3v) is 1.81. The van der Waals surface area contributed by atoms with Crippen LogP contribution in [0.4, 0.5) is 0 Å². The number of hydrogen-bond acceptors (Lipinski definition) is 3. The van der Waals surface area contributed by atoms with E-state index in [-0.39, 0.29) is 6.79 Å². The number of fused-ring (bicyclic) bond motifs is 1. The number of hydrogen-bond donors (Lipinski definition) is 0. The van der Waals surface area contributed by atoms with Crippen molar-refractivity contribution in [3.05, 3.63) is 22.7 Å². The number of rotatable bonds is 1. The van der Waals surface area contributed by atoms with Crippen molar-refractivity contribution in [2.24, 2.45) is 0 Å². The van der Waals surface area contributed by atoms with Crippen LogP contribution in [0.15, 0.2) is 12.1 Å². The molecule has 1 aliphatic rings. The summed E-state index contributed by atoms with van der Waals surface area (Å²) in [5.41, 5.74) is 0.426. The minimum Gasteiger partial charge on any atom is -0.454 e. The van der Waals surface area contributed by atoms with Crippen molar-refractivity contribution >= 4 is 17.9 Å². The third kappa shape index (κ3) is 1.02. The van der Waals surface area contributed by atoms with Crippen molar-refractivity contribution in [1.29, 1.82) is 0 Å². The SMILES string of the molecule is O=Cc1cc(Cl)cc2c1OCO2. The second-order valence-electron chi connectivity index (χ2n) is 2.35. The molecule has 1 aromatic carbocycles. The Morgan fingerprint density at radius 2 is 2.25 bits per heavy atom. The van der Waals surface area contributed by atoms with Crippen LogP contribution in [0, 0.1) is 0 Å². The van der Waals surface area contributed by atoms with Crippen LogP contribution < -0.4 is 9.47 Å². The van der Waals surface area contributed by atoms with Crippen LogP contribution in [0.1, 0.15) is 10.4 Å². The molecule has 12 heavy (non-hydrogen) atoms. The highest BCUT2D eigenvalue weighted by molar-refractivity contribution is 6.31. The number of carbonyl (C=O) groups excluding carboxylic acids is 1. The van der Waals surface area contributed by atoms with Crippen LogP contribution >= 0.6 is 11.6 Å². The topological polar surface area (TPSA) is 35.5 Å². The minimum atomic E-state index is 0.149. The molecule has 0 saturated heterocycles. The molecular weight excluding hydrogens is 180 g/mol. The Balaban J connectivity index is 2.62. The zero-order valence-electron chi connectivity index (χ0n) is 6.04. The average molecular weight is 185 g/mol. The normalized spacial score (nSPS) is 13.1. The van der Waals surface area contributed by atoms with Gasteiger partial charge < -0.3 is 9.47 Å². The number of benzene rings is 1. The van der Waals surface area contributed by atoms with E-state index in [1.54, 1.807) is 12.1 Å². The minimum absolute atomic E-state index is 0.149. The Bertz CT molecular complexity index is 335. The lowest BCUT2D eigenvalue weighted by atomic mass is 10.2. The Labute approximate surface area is 73.8 Å². The van der Waals surface area contributed by atoms with Gasteiger partial charge in [-0.3, -0.25) is 4.79 Å². The molecule has 0 bridgehead atoms. The maximum absolute atomic E-state index is 10.5. The molecule has 3 nitrogen and oxygen atoms in total. The molecule has 62 valence electrons. The van der Waals surface area contributed by atoms with Crippen molar-refractivity contribution in [3.8, 4) is 11.5 Å². The van der Waals surface area contributed by atoms with Gasteiger partial charge in [-0.05, 0) is 6.07 Å². The molecule has 0 aliphatic carbocycles. The highest BCUT2D eigenvalue weighted by Gasteiger charge is 2.18. The molecule has 0 atom stereocenters. The second kappa shape index (κ2) is 2.68. The van der Waals surface area contributed by atoms with E-state index in [0.717, 1.165) is 0 Å². The zero-order valence-corrected chi connectivity index (χ0v) is 6.80. The van der Waals surface area contributed by atoms with E-state index in [1.807, 2.05) is 0 Å². The van der Waals surface area contributed by atoms with Gasteiger partial charge in [-0.15, -0.1) is 0 Å². The summed E-state index contributed by atoms with van der Waals surface area (Å²) in [7, 11) is 0. The van der Waals surface area contributed by atoms with Gasteiger partial charge in [-0.25, -0.2) is 0 Å². The van der Waals surface area contributed by atoms with E-state index in [1.165, 1.54) is 0 Å². The van der Waals surface area contributed by atoms with E-state index in [9.17, 15) is 4.79 Å². The maximum Gasteiger partial charge on any atom is 0.231 e. The lowest BCUT2D eigenvalue weighted by molar-refractivity contribution is 0.111. The molecule has 1 aliphatic heterocycles. The number of aldehydes is 1. The molecule has 0 radical (unpaired) electrons. The second-order valence-corrected chi connectivity index (χ2v) is 2.78. The Morgan fingerprint density at radius 3 is 3.00 bits per heavy atom. The summed E-state index contributed by atoms with van der Waals surface area (Å²) in [6, 6.07) is 3.17. The van der Waals surface area contributed by atoms with Gasteiger partial charge >= 0.3 is 0 Å². The maximum atomic E-state index is 10.5. The summed E-state index contributed by atoms with van der Waals surface area (Å²) in [4.78, 5) is 10.5. The fourth-order valence-electron chi connectivity index (χ4n) is 1.09. The van der Waals surface area contributed by atoms with E-state index in [4.69, 9.17) is 21.1 Å². The van der Waals surface area contributed by atoms with E-state index in [2.05, 4.69) is 0 Å². The van der Waals surface area contributed by atoms with Gasteiger partial charge in [0.05, 0.1) is 5.56 Å². The summed E-state index contributed by atoms with van der Waals surface area (Å²) in [6.07, 6.45) is 0.694. The van der Waals surface area contributed by atoms with Crippen molar-refractivity contribution in [1.82, 2.24) is 0 Å². The van der Waals surface area contributed by atoms with Crippen molar-refractivity contribution in [2.75, 3.05) is 6.79 Å². The monoisotopic (exact) mass is 184 g/mol. The van der Waals surface area contributed by atoms with E-state index < -0.39 is 0 Å². The van der Waals surface area contributed by atoms with Gasteiger partial charge in [0.25, 0.3) is 0 Å². The molecule has 0 spiro atoms. The average Bonchev–Trinajstić information content (AvgIpc) is 2.50. The number of ether oxygens (including phenoxy) is 2. The molecule has 0 saturated carbocycles. The van der Waals surface area contributed by atoms with Crippen LogP contribution in [0.2, 0.25) is 5.02 Å². The van der Waals surface area contributed by atoms with Crippen molar-refractivity contribution in [2.45, 2.75) is 0 Å². The molecule has 2 rings (SSSR count). The van der Waals surface area contributed by atoms with Gasteiger partial charge in [0.2, 0.25) is 6.79 Å². The molecule has 0 aromatic heterocycles. The Morgan fingerprint density at radius 1 is 1.42 bits per heavy atom. The van der Waals surface area contributed by atoms with Gasteiger partial charge in [0.15, 0.2) is 17.8 Å². The third-order valence-electron chi connectivity index (χ3n) is 1.59.